The van der Waals surface area contributed by atoms with Gasteiger partial charge in [-0.15, -0.1) is 0 Å². The van der Waals surface area contributed by atoms with Crippen LogP contribution in [0, 0.1) is 11.6 Å². The molecule has 1 rings (SSSR count). The summed E-state index contributed by atoms with van der Waals surface area (Å²) in [6.07, 6.45) is 0.671. The molecule has 0 radical (unpaired) electrons. The van der Waals surface area contributed by atoms with Crippen molar-refractivity contribution in [2.75, 3.05) is 13.1 Å². The molecule has 1 aromatic rings. The van der Waals surface area contributed by atoms with Gasteiger partial charge in [0.2, 0.25) is 0 Å². The van der Waals surface area contributed by atoms with Gasteiger partial charge in [-0.05, 0) is 37.6 Å². The van der Waals surface area contributed by atoms with Crippen molar-refractivity contribution in [1.29, 1.82) is 0 Å². The average Bonchev–Trinajstić information content (AvgIpc) is 2.18. The second-order valence-electron chi connectivity index (χ2n) is 3.68. The van der Waals surface area contributed by atoms with E-state index in [0.29, 0.717) is 13.0 Å². The van der Waals surface area contributed by atoms with Crippen LogP contribution in [0.2, 0.25) is 0 Å². The Kier molecular flexibility index (Phi) is 4.65. The minimum atomic E-state index is -0.803. The molecule has 3 N–H and O–H groups in total. The van der Waals surface area contributed by atoms with Gasteiger partial charge in [-0.25, -0.2) is 8.78 Å². The van der Waals surface area contributed by atoms with Crippen LogP contribution in [0.5, 0.6) is 0 Å². The highest BCUT2D eigenvalue weighted by Crippen LogP contribution is 2.08. The predicted molar refractivity (Wildman–Crippen MR) is 56.6 cm³/mol. The van der Waals surface area contributed by atoms with Crippen molar-refractivity contribution in [3.05, 3.63) is 35.4 Å². The lowest BCUT2D eigenvalue weighted by atomic mass is 10.1. The van der Waals surface area contributed by atoms with E-state index in [-0.39, 0.29) is 6.04 Å². The molecule has 4 heteroatoms. The van der Waals surface area contributed by atoms with Crippen molar-refractivity contribution in [2.24, 2.45) is 5.73 Å². The van der Waals surface area contributed by atoms with Crippen molar-refractivity contribution in [3.63, 3.8) is 0 Å². The first-order valence-electron chi connectivity index (χ1n) is 5.00. The lowest BCUT2D eigenvalue weighted by Crippen LogP contribution is -2.32. The summed E-state index contributed by atoms with van der Waals surface area (Å²) in [7, 11) is 0. The number of halogens is 2. The summed E-state index contributed by atoms with van der Waals surface area (Å²) in [5.74, 6) is -1.60. The summed E-state index contributed by atoms with van der Waals surface area (Å²) < 4.78 is 25.4. The third-order valence-electron chi connectivity index (χ3n) is 2.04. The van der Waals surface area contributed by atoms with Crippen LogP contribution in [0.15, 0.2) is 18.2 Å². The van der Waals surface area contributed by atoms with Crippen molar-refractivity contribution in [2.45, 2.75) is 19.4 Å². The zero-order valence-electron chi connectivity index (χ0n) is 8.76. The van der Waals surface area contributed by atoms with E-state index in [1.54, 1.807) is 6.07 Å². The lowest BCUT2D eigenvalue weighted by Gasteiger charge is -2.07. The Morgan fingerprint density at radius 2 is 2.07 bits per heavy atom. The molecule has 0 aromatic heterocycles. The summed E-state index contributed by atoms with van der Waals surface area (Å²) in [4.78, 5) is 0. The molecular weight excluding hydrogens is 198 g/mol. The fourth-order valence-electron chi connectivity index (χ4n) is 1.26. The molecule has 0 aliphatic carbocycles. The van der Waals surface area contributed by atoms with E-state index in [1.165, 1.54) is 6.07 Å². The fraction of sp³-hybridized carbons (Fsp3) is 0.455. The minimum Gasteiger partial charge on any atom is -0.327 e. The van der Waals surface area contributed by atoms with Gasteiger partial charge >= 0.3 is 0 Å². The Hall–Kier alpha value is -1.00. The van der Waals surface area contributed by atoms with E-state index in [1.807, 2.05) is 6.92 Å². The molecule has 84 valence electrons. The van der Waals surface area contributed by atoms with Crippen molar-refractivity contribution in [1.82, 2.24) is 5.32 Å². The maximum absolute atomic E-state index is 12.8. The molecule has 15 heavy (non-hydrogen) atoms. The highest BCUT2D eigenvalue weighted by atomic mass is 19.2. The van der Waals surface area contributed by atoms with Crippen molar-refractivity contribution < 1.29 is 8.78 Å². The smallest absolute Gasteiger partial charge is 0.159 e. The van der Waals surface area contributed by atoms with Crippen LogP contribution in [0.4, 0.5) is 8.78 Å². The van der Waals surface area contributed by atoms with Gasteiger partial charge in [-0.1, -0.05) is 6.07 Å². The van der Waals surface area contributed by atoms with E-state index in [9.17, 15) is 8.78 Å². The number of benzene rings is 1. The highest BCUT2D eigenvalue weighted by molar-refractivity contribution is 5.17. The maximum atomic E-state index is 12.8. The summed E-state index contributed by atoms with van der Waals surface area (Å²) in [5, 5.41) is 3.13. The standard InChI is InChI=1S/C11H16F2N2/c1-8(14)7-15-5-4-9-2-3-10(12)11(13)6-9/h2-3,6,8,15H,4-5,7,14H2,1H3. The van der Waals surface area contributed by atoms with Gasteiger partial charge in [0.1, 0.15) is 0 Å². The van der Waals surface area contributed by atoms with Gasteiger partial charge in [0.15, 0.2) is 11.6 Å². The maximum Gasteiger partial charge on any atom is 0.159 e. The quantitative estimate of drug-likeness (QED) is 0.728. The molecule has 0 heterocycles. The van der Waals surface area contributed by atoms with Crippen LogP contribution in [0.1, 0.15) is 12.5 Å². The van der Waals surface area contributed by atoms with Crippen molar-refractivity contribution in [3.8, 4) is 0 Å². The van der Waals surface area contributed by atoms with E-state index < -0.39 is 11.6 Å². The van der Waals surface area contributed by atoms with Crippen molar-refractivity contribution >= 4 is 0 Å². The van der Waals surface area contributed by atoms with Crippen LogP contribution in [-0.2, 0) is 6.42 Å². The third kappa shape index (κ3) is 4.36. The van der Waals surface area contributed by atoms with Gasteiger partial charge in [-0.3, -0.25) is 0 Å². The number of nitrogens with one attached hydrogen (secondary N) is 1. The molecule has 0 aliphatic rings. The molecule has 2 nitrogen and oxygen atoms in total. The largest absolute Gasteiger partial charge is 0.327 e. The summed E-state index contributed by atoms with van der Waals surface area (Å²) in [5.41, 5.74) is 6.33. The Balaban J connectivity index is 2.35. The first kappa shape index (κ1) is 12.1. The first-order chi connectivity index (χ1) is 7.09. The normalized spacial score (nSPS) is 12.8. The Morgan fingerprint density at radius 1 is 1.33 bits per heavy atom. The third-order valence-corrected chi connectivity index (χ3v) is 2.04. The Bertz CT molecular complexity index is 313. The average molecular weight is 214 g/mol. The summed E-state index contributed by atoms with van der Waals surface area (Å²) in [6.45, 7) is 3.35. The summed E-state index contributed by atoms with van der Waals surface area (Å²) in [6, 6.07) is 4.07. The minimum absolute atomic E-state index is 0.106. The zero-order valence-corrected chi connectivity index (χ0v) is 8.76. The molecule has 1 atom stereocenters. The number of rotatable bonds is 5. The molecule has 0 fully saturated rings. The van der Waals surface area contributed by atoms with Gasteiger partial charge < -0.3 is 11.1 Å². The van der Waals surface area contributed by atoms with Gasteiger partial charge in [0.05, 0.1) is 0 Å². The molecule has 0 aliphatic heterocycles. The molecule has 0 spiro atoms. The van der Waals surface area contributed by atoms with E-state index >= 15 is 0 Å². The molecule has 0 amide bonds. The molecule has 0 saturated carbocycles. The van der Waals surface area contributed by atoms with E-state index in [0.717, 1.165) is 18.2 Å². The molecule has 1 unspecified atom stereocenters. The zero-order chi connectivity index (χ0) is 11.3. The number of hydrogen-bond acceptors (Lipinski definition) is 2. The Labute approximate surface area is 88.5 Å². The molecular formula is C11H16F2N2. The fourth-order valence-corrected chi connectivity index (χ4v) is 1.26. The van der Waals surface area contributed by atoms with Gasteiger partial charge in [0.25, 0.3) is 0 Å². The second kappa shape index (κ2) is 5.78. The predicted octanol–water partition coefficient (Wildman–Crippen LogP) is 1.44. The molecule has 1 aromatic carbocycles. The Morgan fingerprint density at radius 3 is 2.67 bits per heavy atom. The highest BCUT2D eigenvalue weighted by Gasteiger charge is 2.02. The number of nitrogens with two attached hydrogens (primary N) is 1. The van der Waals surface area contributed by atoms with Gasteiger partial charge in [0, 0.05) is 12.6 Å². The first-order valence-corrected chi connectivity index (χ1v) is 5.00. The number of hydrogen-bond donors (Lipinski definition) is 2. The van der Waals surface area contributed by atoms with Crippen LogP contribution in [0.25, 0.3) is 0 Å². The summed E-state index contributed by atoms with van der Waals surface area (Å²) >= 11 is 0. The van der Waals surface area contributed by atoms with Gasteiger partial charge in [-0.2, -0.15) is 0 Å². The second-order valence-corrected chi connectivity index (χ2v) is 3.68. The van der Waals surface area contributed by atoms with Crippen LogP contribution >= 0.6 is 0 Å². The van der Waals surface area contributed by atoms with Crippen LogP contribution in [0.3, 0.4) is 0 Å². The van der Waals surface area contributed by atoms with Crippen LogP contribution < -0.4 is 11.1 Å². The van der Waals surface area contributed by atoms with Crippen LogP contribution in [-0.4, -0.2) is 19.1 Å². The van der Waals surface area contributed by atoms with E-state index in [4.69, 9.17) is 5.73 Å². The topological polar surface area (TPSA) is 38.0 Å². The SMILES string of the molecule is CC(N)CNCCc1ccc(F)c(F)c1. The van der Waals surface area contributed by atoms with E-state index in [2.05, 4.69) is 5.32 Å². The molecule has 0 saturated heterocycles. The molecule has 0 bridgehead atoms. The lowest BCUT2D eigenvalue weighted by molar-refractivity contribution is 0.506. The monoisotopic (exact) mass is 214 g/mol.